The predicted octanol–water partition coefficient (Wildman–Crippen LogP) is 4.74. The summed E-state index contributed by atoms with van der Waals surface area (Å²) in [6.07, 6.45) is 1.61. The highest BCUT2D eigenvalue weighted by Gasteiger charge is 2.25. The van der Waals surface area contributed by atoms with E-state index in [-0.39, 0.29) is 17.4 Å². The molecule has 0 aliphatic carbocycles. The number of esters is 1. The number of benzene rings is 2. The smallest absolute Gasteiger partial charge is 0.339 e. The number of hydrogen-bond donors (Lipinski definition) is 1. The first-order chi connectivity index (χ1) is 13.5. The monoisotopic (exact) mass is 464 g/mol. The molecule has 1 fully saturated rings. The van der Waals surface area contributed by atoms with E-state index in [4.69, 9.17) is 16.3 Å². The summed E-state index contributed by atoms with van der Waals surface area (Å²) in [5.41, 5.74) is 2.05. The Balaban J connectivity index is 1.55. The van der Waals surface area contributed by atoms with Gasteiger partial charge in [0.25, 0.3) is 0 Å². The lowest BCUT2D eigenvalue weighted by Gasteiger charge is -2.31. The Kier molecular flexibility index (Phi) is 7.10. The van der Waals surface area contributed by atoms with E-state index in [0.29, 0.717) is 10.7 Å². The SMILES string of the molecule is COC(=O)c1cc(NC(=O)C2CCN(Cc3cccc(Br)c3)CC2)ccc1Cl. The van der Waals surface area contributed by atoms with Gasteiger partial charge in [0, 0.05) is 22.6 Å². The first-order valence-corrected chi connectivity index (χ1v) is 10.3. The summed E-state index contributed by atoms with van der Waals surface area (Å²) in [6, 6.07) is 13.1. The summed E-state index contributed by atoms with van der Waals surface area (Å²) in [6.45, 7) is 2.63. The third-order valence-corrected chi connectivity index (χ3v) is 5.72. The van der Waals surface area contributed by atoms with Gasteiger partial charge in [-0.2, -0.15) is 0 Å². The molecule has 1 amide bonds. The van der Waals surface area contributed by atoms with Crippen LogP contribution in [0.4, 0.5) is 5.69 Å². The van der Waals surface area contributed by atoms with Crippen molar-refractivity contribution in [3.05, 3.63) is 63.1 Å². The van der Waals surface area contributed by atoms with Crippen LogP contribution < -0.4 is 5.32 Å². The van der Waals surface area contributed by atoms with E-state index in [0.717, 1.165) is 36.9 Å². The van der Waals surface area contributed by atoms with Crippen molar-refractivity contribution in [3.63, 3.8) is 0 Å². The number of likely N-dealkylation sites (tertiary alicyclic amines) is 1. The molecule has 1 aliphatic rings. The van der Waals surface area contributed by atoms with Crippen LogP contribution in [-0.4, -0.2) is 37.0 Å². The molecule has 3 rings (SSSR count). The highest BCUT2D eigenvalue weighted by Crippen LogP contribution is 2.24. The maximum atomic E-state index is 12.6. The molecular formula is C21H22BrClN2O3. The first kappa shape index (κ1) is 20.8. The lowest BCUT2D eigenvalue weighted by atomic mass is 9.95. The van der Waals surface area contributed by atoms with Gasteiger partial charge in [0.05, 0.1) is 17.7 Å². The molecule has 1 heterocycles. The van der Waals surface area contributed by atoms with Gasteiger partial charge in [0.1, 0.15) is 0 Å². The van der Waals surface area contributed by atoms with Crippen molar-refractivity contribution in [1.29, 1.82) is 0 Å². The standard InChI is InChI=1S/C21H22BrClN2O3/c1-28-21(27)18-12-17(5-6-19(18)23)24-20(26)15-7-9-25(10-8-15)13-14-3-2-4-16(22)11-14/h2-6,11-12,15H,7-10,13H2,1H3,(H,24,26). The number of halogens is 2. The average Bonchev–Trinajstić information content (AvgIpc) is 2.69. The van der Waals surface area contributed by atoms with Crippen molar-refractivity contribution in [2.45, 2.75) is 19.4 Å². The number of hydrogen-bond acceptors (Lipinski definition) is 4. The Morgan fingerprint density at radius 1 is 1.21 bits per heavy atom. The minimum Gasteiger partial charge on any atom is -0.465 e. The van der Waals surface area contributed by atoms with Crippen molar-refractivity contribution in [3.8, 4) is 0 Å². The van der Waals surface area contributed by atoms with Crippen molar-refractivity contribution in [2.75, 3.05) is 25.5 Å². The van der Waals surface area contributed by atoms with Crippen molar-refractivity contribution in [1.82, 2.24) is 4.90 Å². The van der Waals surface area contributed by atoms with E-state index in [9.17, 15) is 9.59 Å². The number of carbonyl (C=O) groups is 2. The minimum absolute atomic E-state index is 0.0276. The number of nitrogens with one attached hydrogen (secondary N) is 1. The van der Waals surface area contributed by atoms with Crippen molar-refractivity contribution < 1.29 is 14.3 Å². The Morgan fingerprint density at radius 3 is 2.64 bits per heavy atom. The molecule has 1 aliphatic heterocycles. The lowest BCUT2D eigenvalue weighted by Crippen LogP contribution is -2.37. The molecule has 1 N–H and O–H groups in total. The molecular weight excluding hydrogens is 444 g/mol. The molecule has 0 spiro atoms. The first-order valence-electron chi connectivity index (χ1n) is 9.12. The topological polar surface area (TPSA) is 58.6 Å². The average molecular weight is 466 g/mol. The van der Waals surface area contributed by atoms with E-state index in [1.807, 2.05) is 12.1 Å². The van der Waals surface area contributed by atoms with E-state index in [1.165, 1.54) is 12.7 Å². The Labute approximate surface area is 178 Å². The normalized spacial score (nSPS) is 15.2. The van der Waals surface area contributed by atoms with E-state index in [2.05, 4.69) is 38.3 Å². The number of amides is 1. The molecule has 7 heteroatoms. The fourth-order valence-corrected chi connectivity index (χ4v) is 4.00. The quantitative estimate of drug-likeness (QED) is 0.648. The second-order valence-electron chi connectivity index (χ2n) is 6.86. The van der Waals surface area contributed by atoms with Crippen LogP contribution in [0.2, 0.25) is 5.02 Å². The van der Waals surface area contributed by atoms with E-state index in [1.54, 1.807) is 18.2 Å². The van der Waals surface area contributed by atoms with E-state index >= 15 is 0 Å². The lowest BCUT2D eigenvalue weighted by molar-refractivity contribution is -0.121. The van der Waals surface area contributed by atoms with Crippen LogP contribution in [-0.2, 0) is 16.1 Å². The predicted molar refractivity (Wildman–Crippen MR) is 114 cm³/mol. The van der Waals surface area contributed by atoms with Gasteiger partial charge in [-0.15, -0.1) is 0 Å². The van der Waals surface area contributed by atoms with Gasteiger partial charge in [-0.25, -0.2) is 4.79 Å². The Morgan fingerprint density at radius 2 is 1.96 bits per heavy atom. The number of anilines is 1. The Hall–Kier alpha value is -1.89. The third-order valence-electron chi connectivity index (χ3n) is 4.89. The molecule has 2 aromatic rings. The number of rotatable bonds is 5. The van der Waals surface area contributed by atoms with Crippen LogP contribution in [0.1, 0.15) is 28.8 Å². The fraction of sp³-hybridized carbons (Fsp3) is 0.333. The van der Waals surface area contributed by atoms with Crippen LogP contribution in [0.15, 0.2) is 46.9 Å². The van der Waals surface area contributed by atoms with Gasteiger partial charge < -0.3 is 10.1 Å². The maximum absolute atomic E-state index is 12.6. The van der Waals surface area contributed by atoms with Gasteiger partial charge in [-0.1, -0.05) is 39.7 Å². The fourth-order valence-electron chi connectivity index (χ4n) is 3.36. The van der Waals surface area contributed by atoms with Crippen LogP contribution in [0.3, 0.4) is 0 Å². The molecule has 0 aromatic heterocycles. The summed E-state index contributed by atoms with van der Waals surface area (Å²) in [5.74, 6) is -0.599. The van der Waals surface area contributed by atoms with E-state index < -0.39 is 5.97 Å². The van der Waals surface area contributed by atoms with Gasteiger partial charge in [-0.3, -0.25) is 9.69 Å². The zero-order valence-corrected chi connectivity index (χ0v) is 17.9. The molecule has 1 saturated heterocycles. The van der Waals surface area contributed by atoms with Gasteiger partial charge in [0.15, 0.2) is 0 Å². The highest BCUT2D eigenvalue weighted by atomic mass is 79.9. The minimum atomic E-state index is -0.526. The molecule has 0 radical (unpaired) electrons. The summed E-state index contributed by atoms with van der Waals surface area (Å²) in [4.78, 5) is 26.7. The number of piperidine rings is 1. The summed E-state index contributed by atoms with van der Waals surface area (Å²) >= 11 is 9.53. The zero-order valence-electron chi connectivity index (χ0n) is 15.6. The van der Waals surface area contributed by atoms with Crippen molar-refractivity contribution >= 4 is 45.1 Å². The maximum Gasteiger partial charge on any atom is 0.339 e. The molecule has 0 bridgehead atoms. The Bertz CT molecular complexity index is 866. The molecule has 148 valence electrons. The van der Waals surface area contributed by atoms with Crippen LogP contribution >= 0.6 is 27.5 Å². The summed E-state index contributed by atoms with van der Waals surface area (Å²) in [7, 11) is 1.30. The molecule has 28 heavy (non-hydrogen) atoms. The number of nitrogens with zero attached hydrogens (tertiary/aromatic N) is 1. The van der Waals surface area contributed by atoms with Gasteiger partial charge >= 0.3 is 5.97 Å². The van der Waals surface area contributed by atoms with Crippen molar-refractivity contribution in [2.24, 2.45) is 5.92 Å². The second kappa shape index (κ2) is 9.54. The zero-order chi connectivity index (χ0) is 20.1. The third kappa shape index (κ3) is 5.34. The van der Waals surface area contributed by atoms with Crippen LogP contribution in [0.25, 0.3) is 0 Å². The number of ether oxygens (including phenoxy) is 1. The number of methoxy groups -OCH3 is 1. The summed E-state index contributed by atoms with van der Waals surface area (Å²) < 4.78 is 5.79. The highest BCUT2D eigenvalue weighted by molar-refractivity contribution is 9.10. The molecule has 0 atom stereocenters. The summed E-state index contributed by atoms with van der Waals surface area (Å²) in [5, 5.41) is 3.20. The molecule has 5 nitrogen and oxygen atoms in total. The van der Waals surface area contributed by atoms with Gasteiger partial charge in [0.2, 0.25) is 5.91 Å². The molecule has 2 aromatic carbocycles. The number of carbonyl (C=O) groups excluding carboxylic acids is 2. The largest absolute Gasteiger partial charge is 0.465 e. The van der Waals surface area contributed by atoms with Crippen LogP contribution in [0, 0.1) is 5.92 Å². The second-order valence-corrected chi connectivity index (χ2v) is 8.18. The molecule has 0 unspecified atom stereocenters. The molecule has 0 saturated carbocycles. The van der Waals surface area contributed by atoms with Crippen LogP contribution in [0.5, 0.6) is 0 Å². The van der Waals surface area contributed by atoms with Gasteiger partial charge in [-0.05, 0) is 61.8 Å².